The van der Waals surface area contributed by atoms with E-state index in [2.05, 4.69) is 0 Å². The van der Waals surface area contributed by atoms with Crippen molar-refractivity contribution in [3.8, 4) is 11.5 Å². The molecular weight excluding hydrogens is 995 g/mol. The van der Waals surface area contributed by atoms with Gasteiger partial charge in [-0.1, -0.05) is 86.9 Å². The van der Waals surface area contributed by atoms with E-state index in [-0.39, 0.29) is 35.4 Å². The number of hydrogen-bond acceptors (Lipinski definition) is 18. The van der Waals surface area contributed by atoms with Crippen molar-refractivity contribution in [1.29, 1.82) is 0 Å². The molecule has 0 aromatic heterocycles. The number of ketones is 2. The van der Waals surface area contributed by atoms with Crippen LogP contribution in [-0.4, -0.2) is 152 Å². The summed E-state index contributed by atoms with van der Waals surface area (Å²) >= 11 is 12.3. The Bertz CT molecular complexity index is 2300. The fourth-order valence-electron chi connectivity index (χ4n) is 9.05. The number of carbonyl (C=O) groups is 4. The molecular formula is C53H74Cl2O18. The number of carbonyl (C=O) groups excluding carboxylic acids is 4. The molecule has 0 spiro atoms. The molecule has 0 amide bonds. The maximum atomic E-state index is 13.9. The number of esters is 2. The zero-order valence-electron chi connectivity index (χ0n) is 43.5. The normalized spacial score (nSPS) is 31.2. The number of phenols is 2. The largest absolute Gasteiger partial charge is 0.505 e. The van der Waals surface area contributed by atoms with Crippen molar-refractivity contribution in [2.45, 2.75) is 181 Å². The average molecular weight is 1070 g/mol. The van der Waals surface area contributed by atoms with Crippen molar-refractivity contribution in [1.82, 2.24) is 0 Å². The van der Waals surface area contributed by atoms with Crippen LogP contribution in [0.2, 0.25) is 10.0 Å². The summed E-state index contributed by atoms with van der Waals surface area (Å²) in [6.45, 7) is 17.6. The first-order valence-corrected chi connectivity index (χ1v) is 25.2. The van der Waals surface area contributed by atoms with Gasteiger partial charge >= 0.3 is 11.9 Å². The molecule has 2 fully saturated rings. The standard InChI is InChI=1S/C53H74Cl2O18/c1-13-30-22-26(6)33(57)18-16-15-17-31(23-68-52-47(67-12)42(61)35(29(9)69-52)40(59)41(60)36-32(14-2)37(54)43(62)38(55)39(36)58)50(66)70-34(28(8)56)20-19-25(5)21-27(7)46(30)71-51-45(64)44(63)48(53(10,11)73-51)72-49(65)24(3)4/h15-17,19,21-22,24,29-30,33-35,40,42,44-48,51-52,57-59,61-64H,13-14,18,20,23H2,1-12H3. The summed E-state index contributed by atoms with van der Waals surface area (Å²) in [5, 5.41) is 77.2. The average Bonchev–Trinajstić information content (AvgIpc) is 3.32. The van der Waals surface area contributed by atoms with Crippen LogP contribution in [0.1, 0.15) is 111 Å². The molecule has 0 saturated carbocycles. The first kappa shape index (κ1) is 61.5. The zero-order chi connectivity index (χ0) is 55.0. The van der Waals surface area contributed by atoms with Crippen molar-refractivity contribution < 1.29 is 88.1 Å². The molecule has 1 aromatic rings. The third kappa shape index (κ3) is 14.7. The number of rotatable bonds is 14. The highest BCUT2D eigenvalue weighted by Crippen LogP contribution is 2.46. The van der Waals surface area contributed by atoms with Crippen molar-refractivity contribution in [3.05, 3.63) is 79.9 Å². The van der Waals surface area contributed by atoms with E-state index >= 15 is 0 Å². The fourth-order valence-corrected chi connectivity index (χ4v) is 9.61. The topological polar surface area (TPSA) is 274 Å². The molecule has 3 heterocycles. The van der Waals surface area contributed by atoms with Crippen molar-refractivity contribution in [2.75, 3.05) is 13.7 Å². The van der Waals surface area contributed by atoms with E-state index in [1.54, 1.807) is 73.6 Å². The van der Waals surface area contributed by atoms with Gasteiger partial charge in [-0.05, 0) is 90.5 Å². The molecule has 18 nitrogen and oxygen atoms in total. The first-order valence-electron chi connectivity index (χ1n) is 24.4. The minimum Gasteiger partial charge on any atom is -0.505 e. The number of aromatic hydroxyl groups is 2. The van der Waals surface area contributed by atoms with E-state index in [1.165, 1.54) is 33.1 Å². The highest BCUT2D eigenvalue weighted by molar-refractivity contribution is 6.39. The molecule has 3 aliphatic rings. The van der Waals surface area contributed by atoms with E-state index in [9.17, 15) is 54.9 Å². The second-order valence-electron chi connectivity index (χ2n) is 19.7. The summed E-state index contributed by atoms with van der Waals surface area (Å²) in [6.07, 6.45) is -5.93. The van der Waals surface area contributed by atoms with Gasteiger partial charge in [0.05, 0.1) is 53.1 Å². The van der Waals surface area contributed by atoms with E-state index < -0.39 is 149 Å². The minimum absolute atomic E-state index is 0.0161. The van der Waals surface area contributed by atoms with Gasteiger partial charge in [0, 0.05) is 25.4 Å². The second-order valence-corrected chi connectivity index (χ2v) is 20.5. The lowest BCUT2D eigenvalue weighted by Gasteiger charge is -2.47. The lowest BCUT2D eigenvalue weighted by molar-refractivity contribution is -0.333. The van der Waals surface area contributed by atoms with Gasteiger partial charge in [-0.25, -0.2) is 4.79 Å². The highest BCUT2D eigenvalue weighted by Gasteiger charge is 2.53. The molecule has 1 aromatic carbocycles. The third-order valence-electron chi connectivity index (χ3n) is 13.4. The Labute approximate surface area is 437 Å². The van der Waals surface area contributed by atoms with Gasteiger partial charge in [-0.2, -0.15) is 0 Å². The van der Waals surface area contributed by atoms with Crippen molar-refractivity contribution in [2.24, 2.45) is 17.8 Å². The van der Waals surface area contributed by atoms with Crippen LogP contribution >= 0.6 is 23.2 Å². The number of benzene rings is 1. The molecule has 20 heteroatoms. The molecule has 14 atom stereocenters. The Morgan fingerprint density at radius 1 is 0.932 bits per heavy atom. The first-order chi connectivity index (χ1) is 34.1. The van der Waals surface area contributed by atoms with Crippen molar-refractivity contribution >= 4 is 46.7 Å². The van der Waals surface area contributed by atoms with Crippen LogP contribution < -0.4 is 0 Å². The summed E-state index contributed by atoms with van der Waals surface area (Å²) in [6, 6.07) is 0. The van der Waals surface area contributed by atoms with Crippen LogP contribution in [0.3, 0.4) is 0 Å². The molecule has 408 valence electrons. The number of aliphatic hydroxyl groups excluding tert-OH is 5. The SMILES string of the molecule is CCc1c(Cl)c(O)c(Cl)c(O)c1C(=O)C(O)C1C(C)OC(OCC2=CC=CCC(O)C(C)=CC(CC)C(OC3OC(C)(C)C(OC(=O)C(C)C)C(O)C3O)C(C)=CC(C)=CCC(C(C)=O)OC2=O)C(OC)C1O. The summed E-state index contributed by atoms with van der Waals surface area (Å²) < 4.78 is 41.8. The zero-order valence-corrected chi connectivity index (χ0v) is 45.0. The van der Waals surface area contributed by atoms with Gasteiger partial charge in [-0.15, -0.1) is 0 Å². The maximum absolute atomic E-state index is 13.9. The van der Waals surface area contributed by atoms with Crippen LogP contribution in [0.15, 0.2) is 58.7 Å². The monoisotopic (exact) mass is 1070 g/mol. The summed E-state index contributed by atoms with van der Waals surface area (Å²) in [5.41, 5.74) is 0.0687. The molecule has 0 radical (unpaired) electrons. The molecule has 0 aliphatic carbocycles. The van der Waals surface area contributed by atoms with E-state index in [4.69, 9.17) is 56.4 Å². The van der Waals surface area contributed by atoms with Gasteiger partial charge in [0.2, 0.25) is 0 Å². The van der Waals surface area contributed by atoms with Gasteiger partial charge in [0.15, 0.2) is 42.1 Å². The highest BCUT2D eigenvalue weighted by atomic mass is 35.5. The second kappa shape index (κ2) is 26.6. The molecule has 0 bridgehead atoms. The Hall–Kier alpha value is -4.02. The number of ether oxygens (including phenoxy) is 7. The number of allylic oxidation sites excluding steroid dienone is 4. The Kier molecular flexibility index (Phi) is 22.5. The third-order valence-corrected chi connectivity index (χ3v) is 14.2. The molecule has 73 heavy (non-hydrogen) atoms. The molecule has 4 rings (SSSR count). The van der Waals surface area contributed by atoms with Gasteiger partial charge in [0.1, 0.15) is 40.8 Å². The van der Waals surface area contributed by atoms with Crippen LogP contribution in [0, 0.1) is 17.8 Å². The van der Waals surface area contributed by atoms with Crippen LogP contribution in [-0.2, 0) is 54.0 Å². The van der Waals surface area contributed by atoms with Crippen molar-refractivity contribution in [3.63, 3.8) is 0 Å². The molecule has 3 aliphatic heterocycles. The quantitative estimate of drug-likeness (QED) is 0.0632. The van der Waals surface area contributed by atoms with E-state index in [0.29, 0.717) is 23.1 Å². The number of phenolic OH excluding ortho intramolecular Hbond substituents is 2. The van der Waals surface area contributed by atoms with E-state index in [1.807, 2.05) is 13.0 Å². The van der Waals surface area contributed by atoms with Gasteiger partial charge < -0.3 is 68.9 Å². The number of cyclic esters (lactones) is 1. The minimum atomic E-state index is -2.01. The lowest BCUT2D eigenvalue weighted by Crippen LogP contribution is -2.64. The fraction of sp³-hybridized carbons (Fsp3) is 0.623. The van der Waals surface area contributed by atoms with Crippen LogP contribution in [0.25, 0.3) is 0 Å². The molecule has 7 N–H and O–H groups in total. The number of methoxy groups -OCH3 is 1. The van der Waals surface area contributed by atoms with E-state index in [0.717, 1.165) is 0 Å². The number of aliphatic hydroxyl groups is 5. The summed E-state index contributed by atoms with van der Waals surface area (Å²) in [4.78, 5) is 53.3. The lowest BCUT2D eigenvalue weighted by atomic mass is 9.81. The summed E-state index contributed by atoms with van der Waals surface area (Å²) in [7, 11) is 1.23. The number of hydrogen-bond donors (Lipinski definition) is 7. The Morgan fingerprint density at radius 3 is 2.18 bits per heavy atom. The maximum Gasteiger partial charge on any atom is 0.337 e. The predicted molar refractivity (Wildman–Crippen MR) is 269 cm³/mol. The van der Waals surface area contributed by atoms with Gasteiger partial charge in [0.25, 0.3) is 0 Å². The Morgan fingerprint density at radius 2 is 1.59 bits per heavy atom. The molecule has 14 unspecified atom stereocenters. The smallest absolute Gasteiger partial charge is 0.337 e. The molecule has 2 saturated heterocycles. The van der Waals surface area contributed by atoms with Crippen LogP contribution in [0.4, 0.5) is 0 Å². The number of Topliss-reactive ketones (excluding diaryl/α,β-unsaturated/α-hetero) is 2. The van der Waals surface area contributed by atoms with Crippen LogP contribution in [0.5, 0.6) is 11.5 Å². The predicted octanol–water partition coefficient (Wildman–Crippen LogP) is 6.08. The number of halogens is 2. The van der Waals surface area contributed by atoms with Gasteiger partial charge in [-0.3, -0.25) is 14.4 Å². The summed E-state index contributed by atoms with van der Waals surface area (Å²) in [5.74, 6) is -6.76. The Balaban J connectivity index is 1.62.